The molecule has 0 aliphatic carbocycles. The fourth-order valence-corrected chi connectivity index (χ4v) is 3.03. The zero-order valence-electron chi connectivity index (χ0n) is 17.3. The van der Waals surface area contributed by atoms with Gasteiger partial charge in [0.25, 0.3) is 0 Å². The number of unbranched alkanes of at least 4 members (excludes halogenated alkanes) is 11. The second-order valence-electron chi connectivity index (χ2n) is 7.13. The fraction of sp³-hybridized carbons (Fsp3) is 0.909. The van der Waals surface area contributed by atoms with Crippen molar-refractivity contribution in [2.45, 2.75) is 104 Å². The van der Waals surface area contributed by atoms with E-state index in [0.29, 0.717) is 19.8 Å². The zero-order valence-corrected chi connectivity index (χ0v) is 17.3. The van der Waals surface area contributed by atoms with E-state index >= 15 is 0 Å². The van der Waals surface area contributed by atoms with Gasteiger partial charge in [0.15, 0.2) is 0 Å². The second kappa shape index (κ2) is 20.2. The number of ether oxygens (including phenoxy) is 2. The number of rotatable bonds is 19. The highest BCUT2D eigenvalue weighted by Crippen LogP contribution is 2.14. The van der Waals surface area contributed by atoms with Gasteiger partial charge in [0.1, 0.15) is 0 Å². The van der Waals surface area contributed by atoms with E-state index in [4.69, 9.17) is 9.47 Å². The molecule has 0 bridgehead atoms. The summed E-state index contributed by atoms with van der Waals surface area (Å²) in [4.78, 5) is 11.2. The molecule has 0 spiro atoms. The van der Waals surface area contributed by atoms with Crippen LogP contribution >= 0.6 is 0 Å². The quantitative estimate of drug-likeness (QED) is 0.202. The topological polar surface area (TPSA) is 59.3 Å². The zero-order chi connectivity index (χ0) is 19.3. The molecule has 152 valence electrons. The van der Waals surface area contributed by atoms with E-state index in [1.54, 1.807) is 6.92 Å². The van der Waals surface area contributed by atoms with Crippen molar-refractivity contribution in [3.8, 4) is 6.07 Å². The van der Waals surface area contributed by atoms with Gasteiger partial charge in [0.05, 0.1) is 38.2 Å². The molecule has 0 aliphatic rings. The molecule has 1 unspecified atom stereocenters. The molecule has 0 saturated heterocycles. The average Bonchev–Trinajstić information content (AvgIpc) is 2.64. The molecule has 0 radical (unpaired) electrons. The molecule has 26 heavy (non-hydrogen) atoms. The van der Waals surface area contributed by atoms with Crippen LogP contribution < -0.4 is 0 Å². The normalized spacial score (nSPS) is 11.9. The van der Waals surface area contributed by atoms with Gasteiger partial charge < -0.3 is 9.47 Å². The van der Waals surface area contributed by atoms with Gasteiger partial charge in [-0.3, -0.25) is 4.79 Å². The second-order valence-corrected chi connectivity index (χ2v) is 7.13. The summed E-state index contributed by atoms with van der Waals surface area (Å²) in [5, 5.41) is 9.17. The molecule has 1 atom stereocenters. The summed E-state index contributed by atoms with van der Waals surface area (Å²) >= 11 is 0. The van der Waals surface area contributed by atoms with Gasteiger partial charge in [0.2, 0.25) is 0 Å². The van der Waals surface area contributed by atoms with Gasteiger partial charge in [0, 0.05) is 0 Å². The van der Waals surface area contributed by atoms with Crippen LogP contribution in [0, 0.1) is 17.2 Å². The number of carbonyl (C=O) groups excluding carboxylic acids is 1. The maximum Gasteiger partial charge on any atom is 0.308 e. The van der Waals surface area contributed by atoms with Crippen molar-refractivity contribution in [2.75, 3.05) is 19.8 Å². The minimum atomic E-state index is -0.234. The van der Waals surface area contributed by atoms with Crippen molar-refractivity contribution in [1.82, 2.24) is 0 Å². The lowest BCUT2D eigenvalue weighted by Gasteiger charge is -2.10. The molecule has 0 saturated carbocycles. The Morgan fingerprint density at radius 3 is 1.92 bits per heavy atom. The summed E-state index contributed by atoms with van der Waals surface area (Å²) in [6.07, 6.45) is 17.1. The summed E-state index contributed by atoms with van der Waals surface area (Å²) in [6.45, 7) is 5.22. The van der Waals surface area contributed by atoms with E-state index in [9.17, 15) is 10.1 Å². The van der Waals surface area contributed by atoms with Gasteiger partial charge in [-0.15, -0.1) is 0 Å². The van der Waals surface area contributed by atoms with E-state index in [1.807, 2.05) is 0 Å². The molecule has 4 heteroatoms. The molecule has 0 N–H and O–H groups in total. The molecule has 0 aliphatic heterocycles. The molecule has 0 fully saturated rings. The predicted octanol–water partition coefficient (Wildman–Crippen LogP) is 6.19. The minimum Gasteiger partial charge on any atom is -0.466 e. The van der Waals surface area contributed by atoms with Crippen molar-refractivity contribution in [1.29, 1.82) is 5.26 Å². The lowest BCUT2D eigenvalue weighted by Crippen LogP contribution is -2.12. The first-order valence-electron chi connectivity index (χ1n) is 10.9. The monoisotopic (exact) mass is 367 g/mol. The Morgan fingerprint density at radius 1 is 0.885 bits per heavy atom. The standard InChI is InChI=1S/C22H41NO3/c1-3-5-6-7-8-9-10-11-12-13-14-15-16-21(19-23)20-25-18-17-22(24)26-4-2/h21H,3-18,20H2,1-2H3. The molecule has 4 nitrogen and oxygen atoms in total. The number of esters is 1. The Balaban J connectivity index is 3.36. The van der Waals surface area contributed by atoms with Crippen LogP contribution in [0.15, 0.2) is 0 Å². The van der Waals surface area contributed by atoms with Crippen LogP contribution in [0.1, 0.15) is 104 Å². The van der Waals surface area contributed by atoms with Gasteiger partial charge in [-0.2, -0.15) is 5.26 Å². The Bertz CT molecular complexity index is 352. The van der Waals surface area contributed by atoms with Crippen molar-refractivity contribution in [3.05, 3.63) is 0 Å². The average molecular weight is 368 g/mol. The van der Waals surface area contributed by atoms with Crippen LogP contribution in [-0.2, 0) is 14.3 Å². The van der Waals surface area contributed by atoms with E-state index in [2.05, 4.69) is 13.0 Å². The van der Waals surface area contributed by atoms with Gasteiger partial charge in [-0.25, -0.2) is 0 Å². The van der Waals surface area contributed by atoms with E-state index in [1.165, 1.54) is 70.6 Å². The Labute approximate surface area is 161 Å². The third kappa shape index (κ3) is 17.7. The van der Waals surface area contributed by atoms with Crippen molar-refractivity contribution in [2.24, 2.45) is 5.92 Å². The number of nitriles is 1. The van der Waals surface area contributed by atoms with Crippen LogP contribution in [0.2, 0.25) is 0 Å². The van der Waals surface area contributed by atoms with Crippen LogP contribution in [0.25, 0.3) is 0 Å². The molecule has 0 aromatic rings. The molecular formula is C22H41NO3. The van der Waals surface area contributed by atoms with Crippen molar-refractivity contribution < 1.29 is 14.3 Å². The minimum absolute atomic E-state index is 0.0553. The van der Waals surface area contributed by atoms with Crippen LogP contribution in [0.5, 0.6) is 0 Å². The number of nitrogens with zero attached hydrogens (tertiary/aromatic N) is 1. The van der Waals surface area contributed by atoms with Crippen LogP contribution in [-0.4, -0.2) is 25.8 Å². The Hall–Kier alpha value is -1.08. The first-order valence-corrected chi connectivity index (χ1v) is 10.9. The van der Waals surface area contributed by atoms with E-state index in [0.717, 1.165) is 12.8 Å². The summed E-state index contributed by atoms with van der Waals surface area (Å²) in [5.74, 6) is -0.290. The molecule has 0 aromatic carbocycles. The van der Waals surface area contributed by atoms with Gasteiger partial charge in [-0.05, 0) is 13.3 Å². The first kappa shape index (κ1) is 24.9. The lowest BCUT2D eigenvalue weighted by molar-refractivity contribution is -0.144. The number of hydrogen-bond donors (Lipinski definition) is 0. The predicted molar refractivity (Wildman–Crippen MR) is 107 cm³/mol. The third-order valence-electron chi connectivity index (χ3n) is 4.66. The molecule has 0 aromatic heterocycles. The summed E-state index contributed by atoms with van der Waals surface area (Å²) < 4.78 is 10.3. The SMILES string of the molecule is CCCCCCCCCCCCCCC(C#N)COCCC(=O)OCC. The van der Waals surface area contributed by atoms with E-state index < -0.39 is 0 Å². The van der Waals surface area contributed by atoms with E-state index in [-0.39, 0.29) is 18.3 Å². The highest BCUT2D eigenvalue weighted by atomic mass is 16.5. The number of carbonyl (C=O) groups is 1. The highest BCUT2D eigenvalue weighted by molar-refractivity contribution is 5.69. The smallest absolute Gasteiger partial charge is 0.308 e. The Morgan fingerprint density at radius 2 is 1.42 bits per heavy atom. The third-order valence-corrected chi connectivity index (χ3v) is 4.66. The Kier molecular flexibility index (Phi) is 19.4. The van der Waals surface area contributed by atoms with Gasteiger partial charge in [-0.1, -0.05) is 84.0 Å². The summed E-state index contributed by atoms with van der Waals surface area (Å²) in [7, 11) is 0. The summed E-state index contributed by atoms with van der Waals surface area (Å²) in [5.41, 5.74) is 0. The van der Waals surface area contributed by atoms with Crippen LogP contribution in [0.3, 0.4) is 0 Å². The van der Waals surface area contributed by atoms with Crippen molar-refractivity contribution >= 4 is 5.97 Å². The summed E-state index contributed by atoms with van der Waals surface area (Å²) in [6, 6.07) is 2.31. The maximum atomic E-state index is 11.2. The van der Waals surface area contributed by atoms with Crippen molar-refractivity contribution in [3.63, 3.8) is 0 Å². The first-order chi connectivity index (χ1) is 12.7. The largest absolute Gasteiger partial charge is 0.466 e. The molecule has 0 amide bonds. The van der Waals surface area contributed by atoms with Crippen LogP contribution in [0.4, 0.5) is 0 Å². The maximum absolute atomic E-state index is 11.2. The highest BCUT2D eigenvalue weighted by Gasteiger charge is 2.08. The molecule has 0 heterocycles. The lowest BCUT2D eigenvalue weighted by atomic mass is 10.0. The van der Waals surface area contributed by atoms with Gasteiger partial charge >= 0.3 is 5.97 Å². The molecule has 0 rings (SSSR count). The fourth-order valence-electron chi connectivity index (χ4n) is 3.03. The number of hydrogen-bond acceptors (Lipinski definition) is 4. The molecular weight excluding hydrogens is 326 g/mol.